The van der Waals surface area contributed by atoms with E-state index in [1.165, 1.54) is 6.07 Å². The molecule has 0 unspecified atom stereocenters. The Morgan fingerprint density at radius 3 is 3.00 bits per heavy atom. The monoisotopic (exact) mass is 196 g/mol. The third-order valence-corrected chi connectivity index (χ3v) is 1.59. The van der Waals surface area contributed by atoms with Crippen LogP contribution in [0.2, 0.25) is 0 Å². The highest BCUT2D eigenvalue weighted by Crippen LogP contribution is 2.16. The van der Waals surface area contributed by atoms with Gasteiger partial charge >= 0.3 is 5.88 Å². The minimum absolute atomic E-state index is 0.229. The Morgan fingerprint density at radius 1 is 1.64 bits per heavy atom. The average molecular weight is 196 g/mol. The van der Waals surface area contributed by atoms with Crippen molar-refractivity contribution in [2.24, 2.45) is 0 Å². The molecule has 0 aliphatic heterocycles. The van der Waals surface area contributed by atoms with Gasteiger partial charge in [0, 0.05) is 6.54 Å². The van der Waals surface area contributed by atoms with E-state index in [1.807, 2.05) is 13.0 Å². The highest BCUT2D eigenvalue weighted by Gasteiger charge is 2.09. The van der Waals surface area contributed by atoms with Gasteiger partial charge < -0.3 is 9.73 Å². The molecule has 0 saturated heterocycles. The Labute approximate surface area is 81.6 Å². The summed E-state index contributed by atoms with van der Waals surface area (Å²) in [6.45, 7) is 3.62. The molecule has 1 rings (SSSR count). The lowest BCUT2D eigenvalue weighted by atomic mass is 10.4. The van der Waals surface area contributed by atoms with Crippen LogP contribution < -0.4 is 5.32 Å². The van der Waals surface area contributed by atoms with Crippen LogP contribution in [-0.2, 0) is 0 Å². The van der Waals surface area contributed by atoms with Crippen molar-refractivity contribution in [2.75, 3.05) is 13.1 Å². The second-order valence-electron chi connectivity index (χ2n) is 2.64. The highest BCUT2D eigenvalue weighted by molar-refractivity contribution is 5.44. The summed E-state index contributed by atoms with van der Waals surface area (Å²) >= 11 is 0. The summed E-state index contributed by atoms with van der Waals surface area (Å²) in [6, 6.07) is 2.91. The number of likely N-dealkylation sites (N-methyl/N-ethyl adjacent to an activating group) is 1. The summed E-state index contributed by atoms with van der Waals surface area (Å²) < 4.78 is 4.91. The van der Waals surface area contributed by atoms with Crippen LogP contribution in [0.1, 0.15) is 12.7 Å². The van der Waals surface area contributed by atoms with Gasteiger partial charge in [-0.1, -0.05) is 13.0 Å². The Hall–Kier alpha value is -1.62. The fourth-order valence-electron chi connectivity index (χ4n) is 0.933. The number of rotatable bonds is 5. The van der Waals surface area contributed by atoms with Crippen LogP contribution in [0.3, 0.4) is 0 Å². The molecule has 76 valence electrons. The predicted octanol–water partition coefficient (Wildman–Crippen LogP) is 1.81. The van der Waals surface area contributed by atoms with E-state index >= 15 is 0 Å². The standard InChI is InChI=1S/C9H12N2O3/c1-2-10-7-3-4-8-5-6-9(14-8)11(12)13/h3-6,10H,2,7H2,1H3. The van der Waals surface area contributed by atoms with Crippen LogP contribution in [-0.4, -0.2) is 18.0 Å². The molecule has 0 fully saturated rings. The predicted molar refractivity (Wildman–Crippen MR) is 52.9 cm³/mol. The van der Waals surface area contributed by atoms with Gasteiger partial charge in [0.05, 0.1) is 6.07 Å². The normalized spacial score (nSPS) is 10.9. The summed E-state index contributed by atoms with van der Waals surface area (Å²) in [5.74, 6) is 0.266. The molecule has 0 aromatic carbocycles. The van der Waals surface area contributed by atoms with Gasteiger partial charge in [-0.3, -0.25) is 10.1 Å². The van der Waals surface area contributed by atoms with E-state index in [-0.39, 0.29) is 5.88 Å². The zero-order valence-electron chi connectivity index (χ0n) is 7.90. The molecule has 5 nitrogen and oxygen atoms in total. The van der Waals surface area contributed by atoms with Gasteiger partial charge in [-0.25, -0.2) is 0 Å². The van der Waals surface area contributed by atoms with E-state index in [0.29, 0.717) is 5.76 Å². The highest BCUT2D eigenvalue weighted by atomic mass is 16.6. The number of hydrogen-bond donors (Lipinski definition) is 1. The fourth-order valence-corrected chi connectivity index (χ4v) is 0.933. The Bertz CT molecular complexity index is 331. The van der Waals surface area contributed by atoms with Gasteiger partial charge in [0.25, 0.3) is 0 Å². The molecule has 1 heterocycles. The minimum atomic E-state index is -0.554. The average Bonchev–Trinajstić information content (AvgIpc) is 2.61. The van der Waals surface area contributed by atoms with Crippen LogP contribution in [0, 0.1) is 10.1 Å². The van der Waals surface area contributed by atoms with Gasteiger partial charge in [0.1, 0.15) is 10.7 Å². The molecule has 5 heteroatoms. The van der Waals surface area contributed by atoms with Crippen molar-refractivity contribution in [1.29, 1.82) is 0 Å². The van der Waals surface area contributed by atoms with Crippen molar-refractivity contribution < 1.29 is 9.34 Å². The largest absolute Gasteiger partial charge is 0.433 e. The molecule has 0 radical (unpaired) electrons. The molecule has 14 heavy (non-hydrogen) atoms. The number of nitrogens with zero attached hydrogens (tertiary/aromatic N) is 1. The number of furan rings is 1. The lowest BCUT2D eigenvalue weighted by molar-refractivity contribution is -0.402. The van der Waals surface area contributed by atoms with Crippen LogP contribution >= 0.6 is 0 Å². The van der Waals surface area contributed by atoms with E-state index in [9.17, 15) is 10.1 Å². The van der Waals surface area contributed by atoms with E-state index in [2.05, 4.69) is 5.32 Å². The Balaban J connectivity index is 2.51. The molecule has 0 bridgehead atoms. The molecular weight excluding hydrogens is 184 g/mol. The van der Waals surface area contributed by atoms with Crippen LogP contribution in [0.5, 0.6) is 0 Å². The summed E-state index contributed by atoms with van der Waals surface area (Å²) in [5, 5.41) is 13.4. The van der Waals surface area contributed by atoms with E-state index in [4.69, 9.17) is 4.42 Å². The summed E-state index contributed by atoms with van der Waals surface area (Å²) in [7, 11) is 0. The smallest absolute Gasteiger partial charge is 0.401 e. The van der Waals surface area contributed by atoms with Crippen molar-refractivity contribution in [3.8, 4) is 0 Å². The second kappa shape index (κ2) is 5.18. The summed E-state index contributed by atoms with van der Waals surface area (Å²) in [5.41, 5.74) is 0. The molecule has 1 N–H and O–H groups in total. The summed E-state index contributed by atoms with van der Waals surface area (Å²) in [6.07, 6.45) is 3.56. The first-order chi connectivity index (χ1) is 6.74. The first kappa shape index (κ1) is 10.5. The number of nitro groups is 1. The van der Waals surface area contributed by atoms with Crippen molar-refractivity contribution >= 4 is 12.0 Å². The maximum Gasteiger partial charge on any atom is 0.433 e. The lowest BCUT2D eigenvalue weighted by Gasteiger charge is -1.91. The van der Waals surface area contributed by atoms with Crippen LogP contribution in [0.25, 0.3) is 6.08 Å². The SMILES string of the molecule is CCNCC=Cc1ccc([N+](=O)[O-])o1. The van der Waals surface area contributed by atoms with Crippen molar-refractivity contribution in [3.63, 3.8) is 0 Å². The number of nitrogens with one attached hydrogen (secondary N) is 1. The molecule has 0 atom stereocenters. The topological polar surface area (TPSA) is 68.3 Å². The molecule has 0 spiro atoms. The first-order valence-corrected chi connectivity index (χ1v) is 4.35. The molecule has 0 amide bonds. The lowest BCUT2D eigenvalue weighted by Crippen LogP contribution is -2.11. The quantitative estimate of drug-likeness (QED) is 0.443. The third kappa shape index (κ3) is 3.02. The maximum absolute atomic E-state index is 10.3. The van der Waals surface area contributed by atoms with Crippen LogP contribution in [0.4, 0.5) is 5.88 Å². The van der Waals surface area contributed by atoms with E-state index in [0.717, 1.165) is 13.1 Å². The molecule has 0 aliphatic carbocycles. The van der Waals surface area contributed by atoms with E-state index < -0.39 is 4.92 Å². The second-order valence-corrected chi connectivity index (χ2v) is 2.64. The summed E-state index contributed by atoms with van der Waals surface area (Å²) in [4.78, 5) is 9.71. The van der Waals surface area contributed by atoms with Crippen LogP contribution in [0.15, 0.2) is 22.6 Å². The minimum Gasteiger partial charge on any atom is -0.401 e. The van der Waals surface area contributed by atoms with Crippen molar-refractivity contribution in [1.82, 2.24) is 5.32 Å². The first-order valence-electron chi connectivity index (χ1n) is 4.35. The molecule has 1 aromatic heterocycles. The molecule has 0 saturated carbocycles. The zero-order valence-corrected chi connectivity index (χ0v) is 7.90. The van der Waals surface area contributed by atoms with Crippen molar-refractivity contribution in [2.45, 2.75) is 6.92 Å². The third-order valence-electron chi connectivity index (χ3n) is 1.59. The molecule has 1 aromatic rings. The van der Waals surface area contributed by atoms with Gasteiger partial charge in [-0.2, -0.15) is 0 Å². The Morgan fingerprint density at radius 2 is 2.43 bits per heavy atom. The molecule has 0 aliphatic rings. The maximum atomic E-state index is 10.3. The number of hydrogen-bond acceptors (Lipinski definition) is 4. The van der Waals surface area contributed by atoms with Gasteiger partial charge in [-0.05, 0) is 18.7 Å². The van der Waals surface area contributed by atoms with Gasteiger partial charge in [-0.15, -0.1) is 0 Å². The van der Waals surface area contributed by atoms with Gasteiger partial charge in [0.2, 0.25) is 0 Å². The molecular formula is C9H12N2O3. The fraction of sp³-hybridized carbons (Fsp3) is 0.333. The zero-order chi connectivity index (χ0) is 10.4. The van der Waals surface area contributed by atoms with Crippen molar-refractivity contribution in [3.05, 3.63) is 34.1 Å². The van der Waals surface area contributed by atoms with Gasteiger partial charge in [0.15, 0.2) is 0 Å². The Kier molecular flexibility index (Phi) is 3.87. The van der Waals surface area contributed by atoms with E-state index in [1.54, 1.807) is 12.1 Å².